The van der Waals surface area contributed by atoms with Crippen LogP contribution in [0.4, 0.5) is 13.6 Å². The van der Waals surface area contributed by atoms with E-state index in [4.69, 9.17) is 4.74 Å². The zero-order valence-electron chi connectivity index (χ0n) is 17.5. The first-order valence-corrected chi connectivity index (χ1v) is 10.7. The maximum absolute atomic E-state index is 13.1. The van der Waals surface area contributed by atoms with Gasteiger partial charge in [-0.2, -0.15) is 0 Å². The first-order valence-electron chi connectivity index (χ1n) is 10.7. The van der Waals surface area contributed by atoms with Gasteiger partial charge in [0, 0.05) is 23.7 Å². The SMILES string of the molecule is Cc1cccc(C(=O)NC23CCCC4CC2CC(NC(=O)OCC(C)(F)F)(C4)C3)n1. The molecule has 4 unspecified atom stereocenters. The number of nitrogens with one attached hydrogen (secondary N) is 2. The molecular weight excluding hydrogens is 392 g/mol. The van der Waals surface area contributed by atoms with Gasteiger partial charge in [-0.05, 0) is 63.0 Å². The van der Waals surface area contributed by atoms with E-state index < -0.39 is 29.7 Å². The highest BCUT2D eigenvalue weighted by Crippen LogP contribution is 2.57. The van der Waals surface area contributed by atoms with Gasteiger partial charge in [-0.15, -0.1) is 0 Å². The fourth-order valence-corrected chi connectivity index (χ4v) is 5.97. The summed E-state index contributed by atoms with van der Waals surface area (Å²) in [7, 11) is 0. The van der Waals surface area contributed by atoms with Crippen molar-refractivity contribution in [3.63, 3.8) is 0 Å². The van der Waals surface area contributed by atoms with Gasteiger partial charge >= 0.3 is 6.09 Å². The molecule has 1 aromatic heterocycles. The molecule has 2 amide bonds. The van der Waals surface area contributed by atoms with Crippen LogP contribution in [0.5, 0.6) is 0 Å². The highest BCUT2D eigenvalue weighted by Gasteiger charge is 2.60. The molecule has 0 aromatic carbocycles. The largest absolute Gasteiger partial charge is 0.443 e. The van der Waals surface area contributed by atoms with Gasteiger partial charge in [0.25, 0.3) is 11.8 Å². The highest BCUT2D eigenvalue weighted by molar-refractivity contribution is 5.93. The fourth-order valence-electron chi connectivity index (χ4n) is 5.97. The zero-order valence-corrected chi connectivity index (χ0v) is 17.5. The van der Waals surface area contributed by atoms with Crippen LogP contribution >= 0.6 is 0 Å². The number of alkyl halides is 2. The normalized spacial score (nSPS) is 32.4. The molecule has 2 N–H and O–H groups in total. The Labute approximate surface area is 175 Å². The van der Waals surface area contributed by atoms with Crippen molar-refractivity contribution < 1.29 is 23.1 Å². The molecule has 30 heavy (non-hydrogen) atoms. The predicted molar refractivity (Wildman–Crippen MR) is 106 cm³/mol. The molecule has 0 spiro atoms. The minimum Gasteiger partial charge on any atom is -0.443 e. The number of ether oxygens (including phenoxy) is 1. The molecule has 4 atom stereocenters. The molecule has 3 saturated carbocycles. The van der Waals surface area contributed by atoms with E-state index in [0.717, 1.165) is 51.1 Å². The number of halogens is 2. The lowest BCUT2D eigenvalue weighted by Crippen LogP contribution is -2.54. The van der Waals surface area contributed by atoms with Crippen molar-refractivity contribution in [2.75, 3.05) is 6.61 Å². The first-order chi connectivity index (χ1) is 14.1. The number of amides is 2. The Balaban J connectivity index is 1.52. The molecule has 6 nitrogen and oxygen atoms in total. The Kier molecular flexibility index (Phi) is 5.22. The molecule has 3 aliphatic rings. The Morgan fingerprint density at radius 3 is 2.83 bits per heavy atom. The standard InChI is InChI=1S/C22H29F2N3O3/c1-14-5-3-7-17(25-14)18(28)26-22-8-4-6-15-9-16(22)11-21(10-15,12-22)27-19(29)30-13-20(2,23)24/h3,5,7,15-16H,4,6,8-13H2,1-2H3,(H,26,28)(H,27,29). The average Bonchev–Trinajstić information content (AvgIpc) is 2.77. The Morgan fingerprint density at radius 1 is 1.30 bits per heavy atom. The quantitative estimate of drug-likeness (QED) is 0.754. The molecule has 4 rings (SSSR count). The fraction of sp³-hybridized carbons (Fsp3) is 0.682. The van der Waals surface area contributed by atoms with E-state index in [2.05, 4.69) is 15.6 Å². The summed E-state index contributed by atoms with van der Waals surface area (Å²) in [6.45, 7) is 1.62. The smallest absolute Gasteiger partial charge is 0.407 e. The van der Waals surface area contributed by atoms with Crippen LogP contribution < -0.4 is 10.6 Å². The monoisotopic (exact) mass is 421 g/mol. The summed E-state index contributed by atoms with van der Waals surface area (Å²) in [6, 6.07) is 5.36. The van der Waals surface area contributed by atoms with Crippen molar-refractivity contribution in [3.8, 4) is 0 Å². The van der Waals surface area contributed by atoms with Crippen molar-refractivity contribution in [2.45, 2.75) is 75.8 Å². The van der Waals surface area contributed by atoms with E-state index in [0.29, 0.717) is 18.0 Å². The molecule has 3 fully saturated rings. The number of carbonyl (C=O) groups excluding carboxylic acids is 2. The van der Waals surface area contributed by atoms with Crippen LogP contribution in [0, 0.1) is 18.8 Å². The summed E-state index contributed by atoms with van der Waals surface area (Å²) >= 11 is 0. The van der Waals surface area contributed by atoms with Crippen molar-refractivity contribution in [1.82, 2.24) is 15.6 Å². The van der Waals surface area contributed by atoms with E-state index in [1.807, 2.05) is 19.1 Å². The van der Waals surface area contributed by atoms with Crippen molar-refractivity contribution in [3.05, 3.63) is 29.6 Å². The molecule has 3 bridgehead atoms. The predicted octanol–water partition coefficient (Wildman–Crippen LogP) is 3.98. The lowest BCUT2D eigenvalue weighted by atomic mass is 9.75. The number of fused-ring (bicyclic) bond motifs is 2. The minimum absolute atomic E-state index is 0.201. The van der Waals surface area contributed by atoms with Gasteiger partial charge in [0.05, 0.1) is 0 Å². The summed E-state index contributed by atoms with van der Waals surface area (Å²) in [6.07, 6.45) is 5.22. The molecule has 1 aromatic rings. The van der Waals surface area contributed by atoms with E-state index in [-0.39, 0.29) is 11.8 Å². The van der Waals surface area contributed by atoms with Gasteiger partial charge in [0.2, 0.25) is 0 Å². The summed E-state index contributed by atoms with van der Waals surface area (Å²) in [5.41, 5.74) is 0.218. The van der Waals surface area contributed by atoms with Gasteiger partial charge in [-0.3, -0.25) is 4.79 Å². The molecule has 164 valence electrons. The number of pyridine rings is 1. The van der Waals surface area contributed by atoms with Crippen molar-refractivity contribution >= 4 is 12.0 Å². The van der Waals surface area contributed by atoms with Gasteiger partial charge in [0.15, 0.2) is 6.61 Å². The number of hydrogen-bond donors (Lipinski definition) is 2. The lowest BCUT2D eigenvalue weighted by molar-refractivity contribution is -0.0405. The number of rotatable bonds is 5. The van der Waals surface area contributed by atoms with Crippen LogP contribution in [0.15, 0.2) is 18.2 Å². The Morgan fingerprint density at radius 2 is 2.10 bits per heavy atom. The number of aryl methyl sites for hydroxylation is 1. The van der Waals surface area contributed by atoms with E-state index in [9.17, 15) is 18.4 Å². The van der Waals surface area contributed by atoms with Crippen LogP contribution in [0.3, 0.4) is 0 Å². The second-order valence-electron chi connectivity index (χ2n) is 9.60. The molecular formula is C22H29F2N3O3. The third-order valence-electron chi connectivity index (χ3n) is 6.91. The molecule has 0 radical (unpaired) electrons. The van der Waals surface area contributed by atoms with Crippen LogP contribution in [0.1, 0.15) is 68.1 Å². The average molecular weight is 421 g/mol. The topological polar surface area (TPSA) is 80.3 Å². The molecule has 0 saturated heterocycles. The van der Waals surface area contributed by atoms with Gasteiger partial charge in [-0.1, -0.05) is 18.9 Å². The third kappa shape index (κ3) is 4.27. The second kappa shape index (κ2) is 7.46. The van der Waals surface area contributed by atoms with Crippen LogP contribution in [-0.2, 0) is 4.74 Å². The van der Waals surface area contributed by atoms with Gasteiger partial charge < -0.3 is 15.4 Å². The molecule has 3 aliphatic carbocycles. The van der Waals surface area contributed by atoms with Gasteiger partial charge in [0.1, 0.15) is 5.69 Å². The van der Waals surface area contributed by atoms with E-state index >= 15 is 0 Å². The van der Waals surface area contributed by atoms with Crippen LogP contribution in [-0.4, -0.2) is 40.6 Å². The number of aromatic nitrogens is 1. The number of hydrogen-bond acceptors (Lipinski definition) is 4. The Bertz CT molecular complexity index is 843. The number of alkyl carbamates (subject to hydrolysis) is 1. The minimum atomic E-state index is -3.06. The Hall–Kier alpha value is -2.25. The van der Waals surface area contributed by atoms with Crippen LogP contribution in [0.25, 0.3) is 0 Å². The summed E-state index contributed by atoms with van der Waals surface area (Å²) < 4.78 is 30.9. The second-order valence-corrected chi connectivity index (χ2v) is 9.60. The zero-order chi connectivity index (χ0) is 21.6. The van der Waals surface area contributed by atoms with Crippen LogP contribution in [0.2, 0.25) is 0 Å². The van der Waals surface area contributed by atoms with Crippen molar-refractivity contribution in [2.24, 2.45) is 11.8 Å². The lowest BCUT2D eigenvalue weighted by Gasteiger charge is -2.38. The van der Waals surface area contributed by atoms with E-state index in [1.54, 1.807) is 6.07 Å². The number of nitrogens with zero attached hydrogens (tertiary/aromatic N) is 1. The summed E-state index contributed by atoms with van der Waals surface area (Å²) in [4.78, 5) is 29.6. The van der Waals surface area contributed by atoms with E-state index in [1.165, 1.54) is 0 Å². The molecule has 1 heterocycles. The third-order valence-corrected chi connectivity index (χ3v) is 6.91. The number of carbonyl (C=O) groups is 2. The first kappa shape index (κ1) is 21.0. The molecule has 8 heteroatoms. The maximum Gasteiger partial charge on any atom is 0.407 e. The highest BCUT2D eigenvalue weighted by atomic mass is 19.3. The summed E-state index contributed by atoms with van der Waals surface area (Å²) in [5, 5.41) is 6.19. The summed E-state index contributed by atoms with van der Waals surface area (Å²) in [5.74, 6) is -2.57. The van der Waals surface area contributed by atoms with Gasteiger partial charge in [-0.25, -0.2) is 18.6 Å². The maximum atomic E-state index is 13.1. The molecule has 0 aliphatic heterocycles. The van der Waals surface area contributed by atoms with Crippen molar-refractivity contribution in [1.29, 1.82) is 0 Å².